The Kier molecular flexibility index (Phi) is 4.54. The number of nitrogens with zero attached hydrogens (tertiary/aromatic N) is 2. The molecule has 0 amide bonds. The summed E-state index contributed by atoms with van der Waals surface area (Å²) < 4.78 is 39.4. The Hall–Kier alpha value is -1.29. The number of aromatic nitrogens is 3. The van der Waals surface area contributed by atoms with E-state index in [4.69, 9.17) is 0 Å². The third kappa shape index (κ3) is 3.47. The van der Waals surface area contributed by atoms with Crippen molar-refractivity contribution in [1.82, 2.24) is 15.0 Å². The number of fused-ring (bicyclic) bond motifs is 1. The van der Waals surface area contributed by atoms with Gasteiger partial charge >= 0.3 is 6.18 Å². The van der Waals surface area contributed by atoms with Crippen molar-refractivity contribution in [2.75, 3.05) is 5.75 Å². The van der Waals surface area contributed by atoms with Crippen molar-refractivity contribution in [3.63, 3.8) is 0 Å². The number of thioether (sulfide) groups is 1. The quantitative estimate of drug-likeness (QED) is 0.433. The van der Waals surface area contributed by atoms with Crippen LogP contribution < -0.4 is 0 Å². The van der Waals surface area contributed by atoms with E-state index in [0.717, 1.165) is 32.2 Å². The van der Waals surface area contributed by atoms with Gasteiger partial charge < -0.3 is 4.98 Å². The van der Waals surface area contributed by atoms with Gasteiger partial charge in [0, 0.05) is 20.9 Å². The highest BCUT2D eigenvalue weighted by Crippen LogP contribution is 2.34. The van der Waals surface area contributed by atoms with Crippen molar-refractivity contribution in [3.05, 3.63) is 39.7 Å². The summed E-state index contributed by atoms with van der Waals surface area (Å²) in [5.41, 5.74) is 1.46. The smallest absolute Gasteiger partial charge is 0.352 e. The Morgan fingerprint density at radius 1 is 1.17 bits per heavy atom. The number of H-pyrrole nitrogens is 1. The molecule has 0 aromatic carbocycles. The van der Waals surface area contributed by atoms with Gasteiger partial charge in [-0.05, 0) is 46.5 Å². The molecule has 0 saturated carbocycles. The van der Waals surface area contributed by atoms with Gasteiger partial charge in [-0.15, -0.1) is 11.8 Å². The molecule has 0 fully saturated rings. The molecule has 0 bridgehead atoms. The van der Waals surface area contributed by atoms with Crippen molar-refractivity contribution in [2.24, 2.45) is 0 Å². The second kappa shape index (κ2) is 6.31. The Morgan fingerprint density at radius 3 is 2.65 bits per heavy atom. The molecule has 0 unspecified atom stereocenters. The van der Waals surface area contributed by atoms with E-state index in [1.54, 1.807) is 24.0 Å². The molecule has 3 rings (SSSR count). The maximum atomic E-state index is 12.8. The first kappa shape index (κ1) is 16.6. The molecule has 120 valence electrons. The Morgan fingerprint density at radius 2 is 1.96 bits per heavy atom. The third-order valence-corrected chi connectivity index (χ3v) is 4.67. The molecule has 0 spiro atoms. The molecular weight excluding hydrogens is 438 g/mol. The number of pyridine rings is 2. The van der Waals surface area contributed by atoms with E-state index in [1.165, 1.54) is 0 Å². The molecule has 0 aliphatic carbocycles. The summed E-state index contributed by atoms with van der Waals surface area (Å²) in [5.74, 6) is 0.880. The van der Waals surface area contributed by atoms with Gasteiger partial charge in [-0.1, -0.05) is 6.92 Å². The number of rotatable bonds is 3. The number of hydrogen-bond donors (Lipinski definition) is 1. The van der Waals surface area contributed by atoms with Gasteiger partial charge in [-0.3, -0.25) is 9.97 Å². The molecule has 3 aromatic heterocycles. The van der Waals surface area contributed by atoms with Crippen LogP contribution in [0, 0.1) is 3.57 Å². The molecule has 0 aliphatic rings. The molecule has 23 heavy (non-hydrogen) atoms. The van der Waals surface area contributed by atoms with Crippen LogP contribution in [0.25, 0.3) is 22.4 Å². The van der Waals surface area contributed by atoms with Gasteiger partial charge in [0.1, 0.15) is 5.69 Å². The number of hydrogen-bond acceptors (Lipinski definition) is 3. The highest BCUT2D eigenvalue weighted by molar-refractivity contribution is 14.1. The molecule has 8 heteroatoms. The highest BCUT2D eigenvalue weighted by atomic mass is 127. The van der Waals surface area contributed by atoms with Crippen LogP contribution in [0.1, 0.15) is 12.5 Å². The summed E-state index contributed by atoms with van der Waals surface area (Å²) in [6, 6.07) is 4.81. The fourth-order valence-electron chi connectivity index (χ4n) is 2.18. The van der Waals surface area contributed by atoms with Crippen LogP contribution in [-0.4, -0.2) is 20.7 Å². The molecule has 3 nitrogen and oxygen atoms in total. The van der Waals surface area contributed by atoms with Crippen LogP contribution in [0.5, 0.6) is 0 Å². The first-order chi connectivity index (χ1) is 10.9. The number of alkyl halides is 3. The summed E-state index contributed by atoms with van der Waals surface area (Å²) in [4.78, 5) is 12.3. The molecule has 0 atom stereocenters. The average Bonchev–Trinajstić information content (AvgIpc) is 2.89. The fraction of sp³-hybridized carbons (Fsp3) is 0.200. The van der Waals surface area contributed by atoms with Gasteiger partial charge in [0.15, 0.2) is 0 Å². The van der Waals surface area contributed by atoms with E-state index in [9.17, 15) is 13.2 Å². The van der Waals surface area contributed by atoms with Gasteiger partial charge in [-0.25, -0.2) is 0 Å². The Labute approximate surface area is 148 Å². The van der Waals surface area contributed by atoms with Gasteiger partial charge in [0.2, 0.25) is 0 Å². The van der Waals surface area contributed by atoms with Crippen LogP contribution in [0.3, 0.4) is 0 Å². The van der Waals surface area contributed by atoms with Crippen LogP contribution in [0.4, 0.5) is 13.2 Å². The minimum Gasteiger partial charge on any atom is -0.352 e. The predicted octanol–water partition coefficient (Wildman–Crippen LogP) is 5.36. The van der Waals surface area contributed by atoms with E-state index >= 15 is 0 Å². The molecule has 0 aliphatic heterocycles. The van der Waals surface area contributed by atoms with E-state index < -0.39 is 11.7 Å². The fourth-order valence-corrected chi connectivity index (χ4v) is 3.66. The van der Waals surface area contributed by atoms with Crippen molar-refractivity contribution in [1.29, 1.82) is 0 Å². The zero-order valence-electron chi connectivity index (χ0n) is 11.9. The van der Waals surface area contributed by atoms with Crippen LogP contribution in [0.15, 0.2) is 35.5 Å². The lowest BCUT2D eigenvalue weighted by atomic mass is 10.2. The summed E-state index contributed by atoms with van der Waals surface area (Å²) in [6.45, 7) is 2.04. The summed E-state index contributed by atoms with van der Waals surface area (Å²) in [7, 11) is 0. The van der Waals surface area contributed by atoms with Gasteiger partial charge in [-0.2, -0.15) is 13.2 Å². The van der Waals surface area contributed by atoms with Gasteiger partial charge in [0.25, 0.3) is 0 Å². The number of nitrogens with one attached hydrogen (secondary N) is 1. The average molecular weight is 449 g/mol. The first-order valence-corrected chi connectivity index (χ1v) is 8.79. The molecular formula is C15H11F3IN3S. The van der Waals surface area contributed by atoms with Crippen molar-refractivity contribution in [2.45, 2.75) is 18.0 Å². The van der Waals surface area contributed by atoms with Gasteiger partial charge in [0.05, 0.1) is 22.3 Å². The first-order valence-electron chi connectivity index (χ1n) is 6.73. The second-order valence-electron chi connectivity index (χ2n) is 4.77. The third-order valence-electron chi connectivity index (χ3n) is 3.17. The standard InChI is InChI=1S/C15H11F3IN3S/c1-2-23-13-4-9(19)7-21-14(13)12-5-10-11(22-12)3-8(6-20-10)15(16,17)18/h3-7,22H,2H2,1H3. The Bertz CT molecular complexity index is 861. The van der Waals surface area contributed by atoms with Crippen LogP contribution in [-0.2, 0) is 6.18 Å². The highest BCUT2D eigenvalue weighted by Gasteiger charge is 2.31. The molecule has 3 aromatic rings. The minimum atomic E-state index is -4.41. The van der Waals surface area contributed by atoms with E-state index in [0.29, 0.717) is 16.7 Å². The zero-order chi connectivity index (χ0) is 16.6. The van der Waals surface area contributed by atoms with Crippen molar-refractivity contribution in [3.8, 4) is 11.4 Å². The number of halogens is 4. The SMILES string of the molecule is CCSc1cc(I)cnc1-c1cc2ncc(C(F)(F)F)cc2[nH]1. The molecule has 0 radical (unpaired) electrons. The monoisotopic (exact) mass is 449 g/mol. The topological polar surface area (TPSA) is 41.6 Å². The maximum absolute atomic E-state index is 12.8. The lowest BCUT2D eigenvalue weighted by molar-refractivity contribution is -0.137. The lowest BCUT2D eigenvalue weighted by Crippen LogP contribution is -2.04. The predicted molar refractivity (Wildman–Crippen MR) is 93.4 cm³/mol. The lowest BCUT2D eigenvalue weighted by Gasteiger charge is -2.06. The maximum Gasteiger partial charge on any atom is 0.417 e. The van der Waals surface area contributed by atoms with Crippen LogP contribution in [0.2, 0.25) is 0 Å². The number of aromatic amines is 1. The van der Waals surface area contributed by atoms with E-state index in [1.807, 2.05) is 13.0 Å². The van der Waals surface area contributed by atoms with E-state index in [-0.39, 0.29) is 0 Å². The largest absolute Gasteiger partial charge is 0.417 e. The normalized spacial score (nSPS) is 12.0. The minimum absolute atomic E-state index is 0.350. The second-order valence-corrected chi connectivity index (χ2v) is 7.32. The molecule has 1 N–H and O–H groups in total. The summed E-state index contributed by atoms with van der Waals surface area (Å²) >= 11 is 3.83. The molecule has 3 heterocycles. The zero-order valence-corrected chi connectivity index (χ0v) is 14.9. The van der Waals surface area contributed by atoms with Crippen molar-refractivity contribution >= 4 is 45.4 Å². The Balaban J connectivity index is 2.11. The summed E-state index contributed by atoms with van der Waals surface area (Å²) in [5, 5.41) is 0. The van der Waals surface area contributed by atoms with E-state index in [2.05, 4.69) is 37.5 Å². The molecule has 0 saturated heterocycles. The van der Waals surface area contributed by atoms with Crippen LogP contribution >= 0.6 is 34.4 Å². The van der Waals surface area contributed by atoms with Crippen molar-refractivity contribution < 1.29 is 13.2 Å². The summed E-state index contributed by atoms with van der Waals surface area (Å²) in [6.07, 6.45) is -1.82.